The molecule has 0 aliphatic heterocycles. The summed E-state index contributed by atoms with van der Waals surface area (Å²) in [6, 6.07) is 0. The normalized spacial score (nSPS) is 9.47. The minimum absolute atomic E-state index is 0.844. The van der Waals surface area contributed by atoms with Crippen LogP contribution >= 0.6 is 0 Å². The number of hydrogen-bond donors (Lipinski definition) is 2. The topological polar surface area (TPSA) is 132 Å². The molecule has 4 N–H and O–H groups in total. The Hall–Kier alpha value is -0.210. The highest BCUT2D eigenvalue weighted by Gasteiger charge is 1.68. The second-order valence-corrected chi connectivity index (χ2v) is 3.51. The summed E-state index contributed by atoms with van der Waals surface area (Å²) in [6.45, 7) is 5.95. The molecule has 0 spiro atoms. The minimum Gasteiger partial charge on any atom is -0.759 e. The molecule has 0 bridgehead atoms. The van der Waals surface area contributed by atoms with Crippen molar-refractivity contribution in [3.05, 3.63) is 0 Å². The molecule has 0 rings (SSSR count). The number of nitrogens with two attached hydrogens (primary N) is 2. The van der Waals surface area contributed by atoms with Gasteiger partial charge in [-0.25, -0.2) is 0 Å². The van der Waals surface area contributed by atoms with E-state index in [0.717, 1.165) is 13.1 Å². The summed E-state index contributed by atoms with van der Waals surface area (Å²) in [5.74, 6) is 0. The van der Waals surface area contributed by atoms with Gasteiger partial charge in [0, 0.05) is 10.4 Å². The lowest BCUT2D eigenvalue weighted by molar-refractivity contribution is 0.352. The van der Waals surface area contributed by atoms with Crippen molar-refractivity contribution in [2.75, 3.05) is 13.1 Å². The molecule has 0 amide bonds. The molecule has 0 aromatic rings. The first-order valence-corrected chi connectivity index (χ1v) is 6.23. The summed E-state index contributed by atoms with van der Waals surface area (Å²) >= 11 is 0. The van der Waals surface area contributed by atoms with Crippen LogP contribution in [-0.2, 0) is 10.4 Å². The molecular formula is C8H22N2O4S-2. The SMILES string of the molecule is CCCCN.CCCCN.O=S(=O)([O-])[O-]. The van der Waals surface area contributed by atoms with Crippen molar-refractivity contribution in [1.82, 2.24) is 0 Å². The lowest BCUT2D eigenvalue weighted by Gasteiger charge is -2.06. The second-order valence-electron chi connectivity index (χ2n) is 2.69. The Kier molecular flexibility index (Phi) is 21.9. The molecule has 0 aromatic carbocycles. The Balaban J connectivity index is -0.000000144. The summed E-state index contributed by atoms with van der Waals surface area (Å²) in [5.41, 5.74) is 10.3. The highest BCUT2D eigenvalue weighted by Crippen LogP contribution is 1.77. The molecule has 0 saturated heterocycles. The van der Waals surface area contributed by atoms with Crippen molar-refractivity contribution in [2.45, 2.75) is 39.5 Å². The van der Waals surface area contributed by atoms with E-state index in [-0.39, 0.29) is 0 Å². The van der Waals surface area contributed by atoms with Gasteiger partial charge in [0.05, 0.1) is 0 Å². The van der Waals surface area contributed by atoms with Crippen LogP contribution in [0.4, 0.5) is 0 Å². The van der Waals surface area contributed by atoms with Crippen molar-refractivity contribution < 1.29 is 17.5 Å². The van der Waals surface area contributed by atoms with Crippen LogP contribution in [0.2, 0.25) is 0 Å². The van der Waals surface area contributed by atoms with E-state index in [1.54, 1.807) is 0 Å². The molecule has 7 heteroatoms. The van der Waals surface area contributed by atoms with E-state index in [9.17, 15) is 0 Å². The standard InChI is InChI=1S/2C4H11N.H2O4S/c2*1-2-3-4-5;1-5(2,3)4/h2*2-5H2,1H3;(H2,1,2,3,4)/p-2. The Bertz CT molecular complexity index is 165. The zero-order valence-electron chi connectivity index (χ0n) is 9.44. The Morgan fingerprint density at radius 1 is 0.933 bits per heavy atom. The molecule has 0 aliphatic carbocycles. The first-order valence-electron chi connectivity index (χ1n) is 4.90. The Labute approximate surface area is 92.6 Å². The summed E-state index contributed by atoms with van der Waals surface area (Å²) < 4.78 is 34.1. The van der Waals surface area contributed by atoms with Crippen LogP contribution < -0.4 is 11.5 Å². The lowest BCUT2D eigenvalue weighted by atomic mass is 10.3. The van der Waals surface area contributed by atoms with E-state index in [1.165, 1.54) is 25.7 Å². The zero-order valence-corrected chi connectivity index (χ0v) is 10.3. The Morgan fingerprint density at radius 2 is 1.13 bits per heavy atom. The highest BCUT2D eigenvalue weighted by molar-refractivity contribution is 7.79. The maximum absolute atomic E-state index is 8.52. The molecule has 0 aromatic heterocycles. The van der Waals surface area contributed by atoms with Crippen LogP contribution in [0, 0.1) is 0 Å². The van der Waals surface area contributed by atoms with Crippen molar-refractivity contribution in [3.63, 3.8) is 0 Å². The smallest absolute Gasteiger partial charge is 0.0311 e. The lowest BCUT2D eigenvalue weighted by Crippen LogP contribution is -1.95. The van der Waals surface area contributed by atoms with Crippen molar-refractivity contribution in [1.29, 1.82) is 0 Å². The van der Waals surface area contributed by atoms with Gasteiger partial charge in [-0.2, -0.15) is 0 Å². The van der Waals surface area contributed by atoms with E-state index in [2.05, 4.69) is 13.8 Å². The summed E-state index contributed by atoms with van der Waals surface area (Å²) in [7, 11) is -5.17. The van der Waals surface area contributed by atoms with Gasteiger partial charge >= 0.3 is 0 Å². The van der Waals surface area contributed by atoms with Gasteiger partial charge in [-0.3, -0.25) is 8.42 Å². The van der Waals surface area contributed by atoms with E-state index in [4.69, 9.17) is 29.0 Å². The molecule has 0 saturated carbocycles. The van der Waals surface area contributed by atoms with Crippen molar-refractivity contribution in [3.8, 4) is 0 Å². The van der Waals surface area contributed by atoms with E-state index in [0.29, 0.717) is 0 Å². The van der Waals surface area contributed by atoms with Gasteiger partial charge in [0.1, 0.15) is 0 Å². The quantitative estimate of drug-likeness (QED) is 0.532. The fraction of sp³-hybridized carbons (Fsp3) is 1.00. The molecule has 0 unspecified atom stereocenters. The van der Waals surface area contributed by atoms with E-state index in [1.807, 2.05) is 0 Å². The predicted molar refractivity (Wildman–Crippen MR) is 58.4 cm³/mol. The van der Waals surface area contributed by atoms with Crippen molar-refractivity contribution >= 4 is 10.4 Å². The largest absolute Gasteiger partial charge is 0.759 e. The van der Waals surface area contributed by atoms with Crippen LogP contribution in [0.5, 0.6) is 0 Å². The predicted octanol–water partition coefficient (Wildman–Crippen LogP) is 0.152. The minimum atomic E-state index is -5.17. The maximum Gasteiger partial charge on any atom is 0.0311 e. The third kappa shape index (κ3) is 133. The zero-order chi connectivity index (χ0) is 12.7. The monoisotopic (exact) mass is 242 g/mol. The van der Waals surface area contributed by atoms with Crippen LogP contribution in [0.3, 0.4) is 0 Å². The molecule has 15 heavy (non-hydrogen) atoms. The summed E-state index contributed by atoms with van der Waals surface area (Å²) in [5, 5.41) is 0. The first-order chi connectivity index (χ1) is 6.83. The molecule has 6 nitrogen and oxygen atoms in total. The second kappa shape index (κ2) is 16.2. The Morgan fingerprint density at radius 3 is 1.13 bits per heavy atom. The molecular weight excluding hydrogens is 220 g/mol. The fourth-order valence-electron chi connectivity index (χ4n) is 0.408. The van der Waals surface area contributed by atoms with Crippen LogP contribution in [-0.4, -0.2) is 30.6 Å². The van der Waals surface area contributed by atoms with Crippen LogP contribution in [0.15, 0.2) is 0 Å². The molecule has 0 fully saturated rings. The third-order valence-corrected chi connectivity index (χ3v) is 1.12. The van der Waals surface area contributed by atoms with Gasteiger partial charge in [0.25, 0.3) is 0 Å². The number of hydrogen-bond acceptors (Lipinski definition) is 6. The van der Waals surface area contributed by atoms with Gasteiger partial charge in [-0.15, -0.1) is 0 Å². The molecule has 96 valence electrons. The maximum atomic E-state index is 8.52. The van der Waals surface area contributed by atoms with Crippen molar-refractivity contribution in [2.24, 2.45) is 11.5 Å². The van der Waals surface area contributed by atoms with Gasteiger partial charge in [-0.05, 0) is 25.9 Å². The third-order valence-electron chi connectivity index (χ3n) is 1.12. The van der Waals surface area contributed by atoms with Gasteiger partial charge in [0.2, 0.25) is 0 Å². The van der Waals surface area contributed by atoms with Gasteiger partial charge in [0.15, 0.2) is 0 Å². The number of unbranched alkanes of at least 4 members (excludes halogenated alkanes) is 2. The first kappa shape index (κ1) is 20.2. The molecule has 0 radical (unpaired) electrons. The average molecular weight is 242 g/mol. The molecule has 0 aliphatic rings. The molecule has 0 atom stereocenters. The number of rotatable bonds is 4. The van der Waals surface area contributed by atoms with Gasteiger partial charge in [-0.1, -0.05) is 26.7 Å². The fourth-order valence-corrected chi connectivity index (χ4v) is 0.408. The summed E-state index contributed by atoms with van der Waals surface area (Å²) in [4.78, 5) is 0. The van der Waals surface area contributed by atoms with Crippen LogP contribution in [0.1, 0.15) is 39.5 Å². The van der Waals surface area contributed by atoms with Gasteiger partial charge < -0.3 is 20.6 Å². The van der Waals surface area contributed by atoms with Crippen LogP contribution in [0.25, 0.3) is 0 Å². The highest BCUT2D eigenvalue weighted by atomic mass is 32.3. The van der Waals surface area contributed by atoms with E-state index < -0.39 is 10.4 Å². The molecule has 0 heterocycles. The summed E-state index contributed by atoms with van der Waals surface area (Å²) in [6.07, 6.45) is 4.77. The average Bonchev–Trinajstić information content (AvgIpc) is 2.05. The van der Waals surface area contributed by atoms with E-state index >= 15 is 0 Å².